The molecule has 0 aromatic heterocycles. The van der Waals surface area contributed by atoms with Gasteiger partial charge in [0.2, 0.25) is 10.0 Å². The van der Waals surface area contributed by atoms with Gasteiger partial charge in [0.25, 0.3) is 0 Å². The molecule has 7 nitrogen and oxygen atoms in total. The normalized spacial score (nSPS) is 15.0. The van der Waals surface area contributed by atoms with E-state index in [0.29, 0.717) is 43.6 Å². The van der Waals surface area contributed by atoms with Crippen LogP contribution in [0.3, 0.4) is 0 Å². The molecule has 0 saturated carbocycles. The van der Waals surface area contributed by atoms with Crippen LogP contribution >= 0.6 is 12.2 Å². The van der Waals surface area contributed by atoms with Crippen molar-refractivity contribution < 1.29 is 17.9 Å². The number of ether oxygens (including phenoxy) is 2. The number of thiocarbonyl (C=S) groups is 1. The molecule has 2 aromatic carbocycles. The Balaban J connectivity index is 1.57. The molecule has 29 heavy (non-hydrogen) atoms. The monoisotopic (exact) mass is 435 g/mol. The Morgan fingerprint density at radius 2 is 1.59 bits per heavy atom. The summed E-state index contributed by atoms with van der Waals surface area (Å²) in [6, 6.07) is 14.0. The van der Waals surface area contributed by atoms with Crippen LogP contribution in [-0.2, 0) is 10.0 Å². The molecule has 9 heteroatoms. The maximum absolute atomic E-state index is 12.9. The van der Waals surface area contributed by atoms with Crippen molar-refractivity contribution in [1.29, 1.82) is 0 Å². The van der Waals surface area contributed by atoms with Crippen LogP contribution < -0.4 is 14.8 Å². The largest absolute Gasteiger partial charge is 0.497 e. The van der Waals surface area contributed by atoms with Crippen molar-refractivity contribution in [3.63, 3.8) is 0 Å². The third-order valence-corrected chi connectivity index (χ3v) is 6.91. The first-order valence-corrected chi connectivity index (χ1v) is 11.2. The van der Waals surface area contributed by atoms with Crippen molar-refractivity contribution in [1.82, 2.24) is 9.21 Å². The van der Waals surface area contributed by atoms with Crippen molar-refractivity contribution in [3.05, 3.63) is 48.5 Å². The zero-order chi connectivity index (χ0) is 20.9. The summed E-state index contributed by atoms with van der Waals surface area (Å²) in [5, 5.41) is 3.76. The SMILES string of the molecule is CCOc1ccc(S(=O)(=O)N2CCN(C(=S)Nc3ccc(OC)cc3)CC2)cc1. The van der Waals surface area contributed by atoms with Crippen LogP contribution in [0.5, 0.6) is 11.5 Å². The molecule has 0 spiro atoms. The second-order valence-corrected chi connectivity index (χ2v) is 8.78. The van der Waals surface area contributed by atoms with Gasteiger partial charge in [-0.2, -0.15) is 4.31 Å². The van der Waals surface area contributed by atoms with E-state index in [1.165, 1.54) is 4.31 Å². The molecule has 1 aliphatic heterocycles. The van der Waals surface area contributed by atoms with Gasteiger partial charge in [-0.05, 0) is 67.7 Å². The number of hydrogen-bond acceptors (Lipinski definition) is 5. The predicted octanol–water partition coefficient (Wildman–Crippen LogP) is 2.80. The number of rotatable bonds is 6. The molecule has 2 aromatic rings. The highest BCUT2D eigenvalue weighted by atomic mass is 32.2. The van der Waals surface area contributed by atoms with Gasteiger partial charge >= 0.3 is 0 Å². The van der Waals surface area contributed by atoms with Gasteiger partial charge in [0, 0.05) is 31.9 Å². The van der Waals surface area contributed by atoms with E-state index in [-0.39, 0.29) is 4.90 Å². The van der Waals surface area contributed by atoms with E-state index in [1.807, 2.05) is 36.1 Å². The molecule has 0 aliphatic carbocycles. The fourth-order valence-electron chi connectivity index (χ4n) is 3.03. The van der Waals surface area contributed by atoms with Crippen molar-refractivity contribution >= 4 is 33.0 Å². The van der Waals surface area contributed by atoms with Crippen LogP contribution in [0.15, 0.2) is 53.4 Å². The maximum atomic E-state index is 12.9. The van der Waals surface area contributed by atoms with Crippen LogP contribution in [0, 0.1) is 0 Å². The van der Waals surface area contributed by atoms with Gasteiger partial charge in [0.1, 0.15) is 11.5 Å². The fourth-order valence-corrected chi connectivity index (χ4v) is 4.75. The summed E-state index contributed by atoms with van der Waals surface area (Å²) >= 11 is 5.48. The summed E-state index contributed by atoms with van der Waals surface area (Å²) in [6.45, 7) is 4.23. The first-order valence-electron chi connectivity index (χ1n) is 9.37. The summed E-state index contributed by atoms with van der Waals surface area (Å²) < 4.78 is 37.8. The van der Waals surface area contributed by atoms with Crippen molar-refractivity contribution in [3.8, 4) is 11.5 Å². The molecule has 3 rings (SSSR count). The van der Waals surface area contributed by atoms with E-state index in [4.69, 9.17) is 21.7 Å². The number of nitrogens with one attached hydrogen (secondary N) is 1. The highest BCUT2D eigenvalue weighted by Crippen LogP contribution is 2.21. The molecule has 0 radical (unpaired) electrons. The van der Waals surface area contributed by atoms with E-state index in [9.17, 15) is 8.42 Å². The minimum atomic E-state index is -3.54. The third kappa shape index (κ3) is 5.17. The van der Waals surface area contributed by atoms with Gasteiger partial charge in [0.05, 0.1) is 18.6 Å². The molecular formula is C20H25N3O4S2. The maximum Gasteiger partial charge on any atom is 0.243 e. The van der Waals surface area contributed by atoms with E-state index in [0.717, 1.165) is 11.4 Å². The number of nitrogens with zero attached hydrogens (tertiary/aromatic N) is 2. The highest BCUT2D eigenvalue weighted by molar-refractivity contribution is 7.89. The fraction of sp³-hybridized carbons (Fsp3) is 0.350. The molecule has 1 fully saturated rings. The second-order valence-electron chi connectivity index (χ2n) is 6.45. The predicted molar refractivity (Wildman–Crippen MR) is 117 cm³/mol. The number of methoxy groups -OCH3 is 1. The van der Waals surface area contributed by atoms with E-state index < -0.39 is 10.0 Å². The van der Waals surface area contributed by atoms with E-state index in [2.05, 4.69) is 5.32 Å². The lowest BCUT2D eigenvalue weighted by molar-refractivity contribution is 0.268. The minimum Gasteiger partial charge on any atom is -0.497 e. The first kappa shape index (κ1) is 21.4. The molecule has 156 valence electrons. The van der Waals surface area contributed by atoms with Gasteiger partial charge < -0.3 is 19.7 Å². The first-order chi connectivity index (χ1) is 13.9. The van der Waals surface area contributed by atoms with Crippen LogP contribution in [0.4, 0.5) is 5.69 Å². The standard InChI is InChI=1S/C20H25N3O4S2/c1-3-27-18-8-10-19(11-9-18)29(24,25)23-14-12-22(13-15-23)20(28)21-16-4-6-17(26-2)7-5-16/h4-11H,3,12-15H2,1-2H3,(H,21,28). The molecule has 1 N–H and O–H groups in total. The second kappa shape index (κ2) is 9.43. The number of piperazine rings is 1. The van der Waals surface area contributed by atoms with E-state index in [1.54, 1.807) is 31.4 Å². The zero-order valence-corrected chi connectivity index (χ0v) is 18.1. The zero-order valence-electron chi connectivity index (χ0n) is 16.5. The van der Waals surface area contributed by atoms with Crippen molar-refractivity contribution in [2.24, 2.45) is 0 Å². The molecule has 0 unspecified atom stereocenters. The summed E-state index contributed by atoms with van der Waals surface area (Å²) in [7, 11) is -1.92. The topological polar surface area (TPSA) is 71.1 Å². The summed E-state index contributed by atoms with van der Waals surface area (Å²) in [4.78, 5) is 2.25. The Hall–Kier alpha value is -2.36. The Morgan fingerprint density at radius 3 is 2.14 bits per heavy atom. The molecule has 0 amide bonds. The molecule has 1 aliphatic rings. The van der Waals surface area contributed by atoms with Gasteiger partial charge in [-0.15, -0.1) is 0 Å². The van der Waals surface area contributed by atoms with Crippen LogP contribution in [0.25, 0.3) is 0 Å². The lowest BCUT2D eigenvalue weighted by Gasteiger charge is -2.35. The average molecular weight is 436 g/mol. The highest BCUT2D eigenvalue weighted by Gasteiger charge is 2.29. The number of anilines is 1. The van der Waals surface area contributed by atoms with Crippen LogP contribution in [-0.4, -0.2) is 62.6 Å². The smallest absolute Gasteiger partial charge is 0.243 e. The minimum absolute atomic E-state index is 0.272. The lowest BCUT2D eigenvalue weighted by atomic mass is 10.3. The van der Waals surface area contributed by atoms with Gasteiger partial charge in [-0.1, -0.05) is 0 Å². The number of hydrogen-bond donors (Lipinski definition) is 1. The Kier molecular flexibility index (Phi) is 6.94. The quantitative estimate of drug-likeness (QED) is 0.700. The molecule has 1 heterocycles. The molecule has 1 saturated heterocycles. The third-order valence-electron chi connectivity index (χ3n) is 4.64. The van der Waals surface area contributed by atoms with Gasteiger partial charge in [0.15, 0.2) is 5.11 Å². The van der Waals surface area contributed by atoms with Crippen molar-refractivity contribution in [2.45, 2.75) is 11.8 Å². The van der Waals surface area contributed by atoms with Gasteiger partial charge in [-0.3, -0.25) is 0 Å². The van der Waals surface area contributed by atoms with E-state index >= 15 is 0 Å². The molecular weight excluding hydrogens is 410 g/mol. The summed E-state index contributed by atoms with van der Waals surface area (Å²) in [5.74, 6) is 1.43. The average Bonchev–Trinajstić information content (AvgIpc) is 2.75. The Morgan fingerprint density at radius 1 is 1.00 bits per heavy atom. The Labute approximate surface area is 177 Å². The molecule has 0 bridgehead atoms. The number of sulfonamides is 1. The van der Waals surface area contributed by atoms with Crippen molar-refractivity contribution in [2.75, 3.05) is 45.2 Å². The van der Waals surface area contributed by atoms with Crippen LogP contribution in [0.2, 0.25) is 0 Å². The summed E-state index contributed by atoms with van der Waals surface area (Å²) in [6.07, 6.45) is 0. The lowest BCUT2D eigenvalue weighted by Crippen LogP contribution is -2.51. The Bertz CT molecular complexity index is 923. The summed E-state index contributed by atoms with van der Waals surface area (Å²) in [5.41, 5.74) is 0.861. The molecule has 0 atom stereocenters. The van der Waals surface area contributed by atoms with Crippen LogP contribution in [0.1, 0.15) is 6.92 Å². The van der Waals surface area contributed by atoms with Gasteiger partial charge in [-0.25, -0.2) is 8.42 Å². The number of benzene rings is 2.